The number of aryl methyl sites for hydroxylation is 1. The molecule has 0 fully saturated rings. The average Bonchev–Trinajstić information content (AvgIpc) is 3.27. The van der Waals surface area contributed by atoms with Crippen LogP contribution in [0.3, 0.4) is 0 Å². The van der Waals surface area contributed by atoms with Crippen LogP contribution in [0.25, 0.3) is 0 Å². The number of nitrogens with one attached hydrogen (secondary N) is 1. The summed E-state index contributed by atoms with van der Waals surface area (Å²) in [6, 6.07) is 14.2. The summed E-state index contributed by atoms with van der Waals surface area (Å²) in [4.78, 5) is 12.2. The molecule has 0 bridgehead atoms. The Morgan fingerprint density at radius 3 is 2.65 bits per heavy atom. The predicted molar refractivity (Wildman–Crippen MR) is 116 cm³/mol. The number of aromatic nitrogens is 2. The van der Waals surface area contributed by atoms with Crippen LogP contribution in [0.5, 0.6) is 11.5 Å². The fraction of sp³-hybridized carbons (Fsp3) is 0.250. The highest BCUT2D eigenvalue weighted by Gasteiger charge is 2.32. The van der Waals surface area contributed by atoms with Crippen LogP contribution in [0.15, 0.2) is 52.9 Å². The molecule has 0 unspecified atom stereocenters. The number of sulfonamides is 1. The minimum Gasteiger partial charge on any atom is -0.497 e. The summed E-state index contributed by atoms with van der Waals surface area (Å²) in [6.07, 6.45) is 1.55. The standard InChI is InChI=1S/C20H20N4O5S2/c1-28-15-8-10-16(11-9-15)29-13-18(25)21-19-22-23-20(30-19)31(26,27)24-12-4-6-14-5-2-3-7-17(14)24/h2-3,5,7-11H,4,6,12-13H2,1H3,(H,21,22,25). The number of hydrogen-bond donors (Lipinski definition) is 1. The number of carbonyl (C=O) groups is 1. The first-order valence-electron chi connectivity index (χ1n) is 9.48. The van der Waals surface area contributed by atoms with Gasteiger partial charge in [-0.2, -0.15) is 8.42 Å². The number of methoxy groups -OCH3 is 1. The second-order valence-corrected chi connectivity index (χ2v) is 9.71. The fourth-order valence-corrected chi connectivity index (χ4v) is 5.74. The maximum absolute atomic E-state index is 13.1. The van der Waals surface area contributed by atoms with Gasteiger partial charge in [0, 0.05) is 6.54 Å². The maximum atomic E-state index is 13.1. The van der Waals surface area contributed by atoms with Crippen LogP contribution in [0.1, 0.15) is 12.0 Å². The number of para-hydroxylation sites is 1. The Morgan fingerprint density at radius 1 is 1.13 bits per heavy atom. The summed E-state index contributed by atoms with van der Waals surface area (Å²) in [5.41, 5.74) is 1.63. The van der Waals surface area contributed by atoms with Gasteiger partial charge < -0.3 is 9.47 Å². The molecular weight excluding hydrogens is 440 g/mol. The third kappa shape index (κ3) is 4.62. The van der Waals surface area contributed by atoms with Crippen LogP contribution in [0, 0.1) is 0 Å². The van der Waals surface area contributed by atoms with Gasteiger partial charge >= 0.3 is 0 Å². The van der Waals surface area contributed by atoms with Gasteiger partial charge in [0.05, 0.1) is 12.8 Å². The highest BCUT2D eigenvalue weighted by Crippen LogP contribution is 2.33. The van der Waals surface area contributed by atoms with E-state index in [9.17, 15) is 13.2 Å². The Bertz CT molecular complexity index is 1180. The molecule has 3 aromatic rings. The number of fused-ring (bicyclic) bond motifs is 1. The highest BCUT2D eigenvalue weighted by molar-refractivity contribution is 7.94. The zero-order chi connectivity index (χ0) is 21.8. The van der Waals surface area contributed by atoms with E-state index in [1.54, 1.807) is 43.5 Å². The summed E-state index contributed by atoms with van der Waals surface area (Å²) in [6.45, 7) is 0.115. The third-order valence-corrected chi connectivity index (χ3v) is 7.66. The molecule has 9 nitrogen and oxygen atoms in total. The lowest BCUT2D eigenvalue weighted by molar-refractivity contribution is -0.118. The van der Waals surface area contributed by atoms with Crippen molar-refractivity contribution in [1.82, 2.24) is 10.2 Å². The zero-order valence-electron chi connectivity index (χ0n) is 16.6. The SMILES string of the molecule is COc1ccc(OCC(=O)Nc2nnc(S(=O)(=O)N3CCCc4ccccc43)s2)cc1. The van der Waals surface area contributed by atoms with Crippen molar-refractivity contribution in [3.05, 3.63) is 54.1 Å². The summed E-state index contributed by atoms with van der Waals surface area (Å²) < 4.78 is 37.9. The van der Waals surface area contributed by atoms with E-state index in [0.717, 1.165) is 29.7 Å². The molecule has 11 heteroatoms. The molecule has 0 aliphatic carbocycles. The fourth-order valence-electron chi connectivity index (χ4n) is 3.18. The summed E-state index contributed by atoms with van der Waals surface area (Å²) in [7, 11) is -2.31. The minimum atomic E-state index is -3.87. The summed E-state index contributed by atoms with van der Waals surface area (Å²) >= 11 is 0.807. The Kier molecular flexibility index (Phi) is 6.05. The molecule has 2 heterocycles. The molecule has 1 N–H and O–H groups in total. The lowest BCUT2D eigenvalue weighted by Crippen LogP contribution is -2.35. The van der Waals surface area contributed by atoms with Crippen LogP contribution < -0.4 is 19.1 Å². The Hall–Kier alpha value is -3.18. The van der Waals surface area contributed by atoms with Gasteiger partial charge in [-0.05, 0) is 48.7 Å². The van der Waals surface area contributed by atoms with E-state index in [2.05, 4.69) is 15.5 Å². The van der Waals surface area contributed by atoms with E-state index in [4.69, 9.17) is 9.47 Å². The number of nitrogens with zero attached hydrogens (tertiary/aromatic N) is 3. The Balaban J connectivity index is 1.41. The van der Waals surface area contributed by atoms with Crippen LogP contribution in [-0.4, -0.2) is 44.8 Å². The van der Waals surface area contributed by atoms with E-state index in [1.807, 2.05) is 12.1 Å². The van der Waals surface area contributed by atoms with Crippen LogP contribution >= 0.6 is 11.3 Å². The van der Waals surface area contributed by atoms with Crippen molar-refractivity contribution in [2.75, 3.05) is 29.9 Å². The number of anilines is 2. The topological polar surface area (TPSA) is 111 Å². The van der Waals surface area contributed by atoms with Gasteiger partial charge in [-0.3, -0.25) is 14.4 Å². The summed E-state index contributed by atoms with van der Waals surface area (Å²) in [5.74, 6) is 0.704. The van der Waals surface area contributed by atoms with Gasteiger partial charge in [-0.1, -0.05) is 29.5 Å². The van der Waals surface area contributed by atoms with Crippen LogP contribution in [-0.2, 0) is 21.2 Å². The molecule has 0 spiro atoms. The molecule has 1 amide bonds. The molecule has 162 valence electrons. The number of carbonyl (C=O) groups excluding carboxylic acids is 1. The van der Waals surface area contributed by atoms with Crippen molar-refractivity contribution in [1.29, 1.82) is 0 Å². The van der Waals surface area contributed by atoms with Crippen molar-refractivity contribution in [2.45, 2.75) is 17.2 Å². The highest BCUT2D eigenvalue weighted by atomic mass is 32.2. The number of amides is 1. The number of rotatable bonds is 7. The molecule has 31 heavy (non-hydrogen) atoms. The monoisotopic (exact) mass is 460 g/mol. The first-order valence-corrected chi connectivity index (χ1v) is 11.7. The molecule has 0 saturated carbocycles. The van der Waals surface area contributed by atoms with Gasteiger partial charge in [0.15, 0.2) is 6.61 Å². The molecule has 2 aromatic carbocycles. The van der Waals surface area contributed by atoms with E-state index in [-0.39, 0.29) is 16.1 Å². The maximum Gasteiger partial charge on any atom is 0.293 e. The molecule has 1 aromatic heterocycles. The number of benzene rings is 2. The van der Waals surface area contributed by atoms with Crippen molar-refractivity contribution in [3.8, 4) is 11.5 Å². The second-order valence-electron chi connectivity index (χ2n) is 6.69. The minimum absolute atomic E-state index is 0.0900. The first-order chi connectivity index (χ1) is 15.0. The summed E-state index contributed by atoms with van der Waals surface area (Å²) in [5, 5.41) is 10.2. The smallest absolute Gasteiger partial charge is 0.293 e. The second kappa shape index (κ2) is 8.90. The van der Waals surface area contributed by atoms with Crippen molar-refractivity contribution >= 4 is 38.1 Å². The first kappa shape index (κ1) is 21.1. The molecule has 0 radical (unpaired) electrons. The van der Waals surface area contributed by atoms with Gasteiger partial charge in [0.2, 0.25) is 5.13 Å². The average molecular weight is 461 g/mol. The molecule has 0 saturated heterocycles. The molecular formula is C20H20N4O5S2. The number of hydrogen-bond acceptors (Lipinski definition) is 8. The Morgan fingerprint density at radius 2 is 1.87 bits per heavy atom. The van der Waals surface area contributed by atoms with Crippen molar-refractivity contribution in [3.63, 3.8) is 0 Å². The molecule has 4 rings (SSSR count). The van der Waals surface area contributed by atoms with Gasteiger partial charge in [-0.25, -0.2) is 0 Å². The van der Waals surface area contributed by atoms with Crippen molar-refractivity contribution < 1.29 is 22.7 Å². The van der Waals surface area contributed by atoms with Gasteiger partial charge in [-0.15, -0.1) is 10.2 Å². The third-order valence-electron chi connectivity index (χ3n) is 4.66. The largest absolute Gasteiger partial charge is 0.497 e. The van der Waals surface area contributed by atoms with Crippen LogP contribution in [0.2, 0.25) is 0 Å². The van der Waals surface area contributed by atoms with E-state index in [0.29, 0.717) is 23.7 Å². The lowest BCUT2D eigenvalue weighted by atomic mass is 10.0. The molecule has 1 aliphatic rings. The normalized spacial score (nSPS) is 13.4. The predicted octanol–water partition coefficient (Wildman–Crippen LogP) is 2.71. The zero-order valence-corrected chi connectivity index (χ0v) is 18.3. The van der Waals surface area contributed by atoms with Crippen molar-refractivity contribution in [2.24, 2.45) is 0 Å². The van der Waals surface area contributed by atoms with Crippen LogP contribution in [0.4, 0.5) is 10.8 Å². The number of ether oxygens (including phenoxy) is 2. The van der Waals surface area contributed by atoms with Gasteiger partial charge in [0.1, 0.15) is 11.5 Å². The molecule has 0 atom stereocenters. The van der Waals surface area contributed by atoms with E-state index in [1.165, 1.54) is 4.31 Å². The van der Waals surface area contributed by atoms with E-state index >= 15 is 0 Å². The quantitative estimate of drug-likeness (QED) is 0.540. The molecule has 1 aliphatic heterocycles. The Labute approximate surface area is 183 Å². The van der Waals surface area contributed by atoms with Gasteiger partial charge in [0.25, 0.3) is 20.3 Å². The lowest BCUT2D eigenvalue weighted by Gasteiger charge is -2.29. The van der Waals surface area contributed by atoms with E-state index < -0.39 is 15.9 Å².